The molecule has 1 amide bonds. The highest BCUT2D eigenvalue weighted by atomic mass is 32.1. The first-order valence-corrected chi connectivity index (χ1v) is 11.5. The second-order valence-corrected chi connectivity index (χ2v) is 8.62. The third-order valence-corrected chi connectivity index (χ3v) is 6.47. The fraction of sp³-hybridized carbons (Fsp3) is 0.0769. The highest BCUT2D eigenvalue weighted by Gasteiger charge is 2.44. The van der Waals surface area contributed by atoms with Crippen molar-refractivity contribution < 1.29 is 13.9 Å². The van der Waals surface area contributed by atoms with Crippen LogP contribution in [0.25, 0.3) is 11.0 Å². The molecule has 1 aliphatic heterocycles. The number of rotatable bonds is 5. The summed E-state index contributed by atoms with van der Waals surface area (Å²) in [5, 5.41) is 8.80. The largest absolute Gasteiger partial charge is 0.489 e. The maximum Gasteiger partial charge on any atom is 0.297 e. The second-order valence-electron chi connectivity index (χ2n) is 7.81. The molecule has 0 saturated carbocycles. The van der Waals surface area contributed by atoms with Crippen LogP contribution in [0.15, 0.2) is 93.6 Å². The van der Waals surface area contributed by atoms with E-state index in [0.29, 0.717) is 34.0 Å². The SMILES string of the molecule is O=C1c2oc3ccccc3c(=O)c2C(c2ccc(OCc3ccccc3)cc2)N1c1nncs1. The van der Waals surface area contributed by atoms with Gasteiger partial charge in [0.25, 0.3) is 5.91 Å². The molecule has 0 spiro atoms. The van der Waals surface area contributed by atoms with Crippen molar-refractivity contribution in [1.29, 1.82) is 0 Å². The molecule has 1 aliphatic rings. The fourth-order valence-corrected chi connectivity index (χ4v) is 4.78. The van der Waals surface area contributed by atoms with Crippen molar-refractivity contribution in [2.24, 2.45) is 0 Å². The topological polar surface area (TPSA) is 85.5 Å². The Hall–Kier alpha value is -4.30. The summed E-state index contributed by atoms with van der Waals surface area (Å²) in [5.41, 5.74) is 3.81. The van der Waals surface area contributed by atoms with Crippen molar-refractivity contribution in [2.45, 2.75) is 12.6 Å². The van der Waals surface area contributed by atoms with E-state index < -0.39 is 11.9 Å². The molecule has 0 aliphatic carbocycles. The number of para-hydroxylation sites is 1. The number of nitrogens with zero attached hydrogens (tertiary/aromatic N) is 3. The minimum Gasteiger partial charge on any atom is -0.489 e. The number of ether oxygens (including phenoxy) is 1. The van der Waals surface area contributed by atoms with Gasteiger partial charge in [0.15, 0.2) is 5.43 Å². The Morgan fingerprint density at radius 2 is 1.71 bits per heavy atom. The molecule has 1 unspecified atom stereocenters. The lowest BCUT2D eigenvalue weighted by molar-refractivity contribution is 0.0970. The molecule has 166 valence electrons. The van der Waals surface area contributed by atoms with Crippen LogP contribution < -0.4 is 15.1 Å². The highest BCUT2D eigenvalue weighted by Crippen LogP contribution is 2.41. The van der Waals surface area contributed by atoms with Gasteiger partial charge in [0.1, 0.15) is 23.4 Å². The van der Waals surface area contributed by atoms with Gasteiger partial charge in [-0.25, -0.2) is 0 Å². The summed E-state index contributed by atoms with van der Waals surface area (Å²) >= 11 is 1.23. The lowest BCUT2D eigenvalue weighted by Crippen LogP contribution is -2.29. The average Bonchev–Trinajstić information content (AvgIpc) is 3.51. The Morgan fingerprint density at radius 3 is 2.47 bits per heavy atom. The van der Waals surface area contributed by atoms with Crippen molar-refractivity contribution in [3.63, 3.8) is 0 Å². The van der Waals surface area contributed by atoms with E-state index in [1.807, 2.05) is 54.6 Å². The highest BCUT2D eigenvalue weighted by molar-refractivity contribution is 7.13. The molecule has 0 fully saturated rings. The van der Waals surface area contributed by atoms with Crippen LogP contribution >= 0.6 is 11.3 Å². The van der Waals surface area contributed by atoms with E-state index in [0.717, 1.165) is 11.1 Å². The Balaban J connectivity index is 1.42. The van der Waals surface area contributed by atoms with Gasteiger partial charge in [-0.1, -0.05) is 65.9 Å². The van der Waals surface area contributed by atoms with Gasteiger partial charge in [-0.05, 0) is 35.4 Å². The molecule has 0 bridgehead atoms. The maximum atomic E-state index is 13.5. The number of carbonyl (C=O) groups excluding carboxylic acids is 1. The standard InChI is InChI=1S/C26H17N3O4S/c30-23-19-8-4-5-9-20(19)33-24-21(23)22(29(25(24)31)26-28-27-15-34-26)17-10-12-18(13-11-17)32-14-16-6-2-1-3-7-16/h1-13,15,22H,14H2. The molecule has 3 aromatic carbocycles. The van der Waals surface area contributed by atoms with Crippen LogP contribution in [0.1, 0.15) is 33.3 Å². The molecule has 34 heavy (non-hydrogen) atoms. The van der Waals surface area contributed by atoms with E-state index >= 15 is 0 Å². The molecule has 0 N–H and O–H groups in total. The van der Waals surface area contributed by atoms with Gasteiger partial charge >= 0.3 is 0 Å². The van der Waals surface area contributed by atoms with E-state index in [-0.39, 0.29) is 11.2 Å². The van der Waals surface area contributed by atoms with Gasteiger partial charge in [-0.15, -0.1) is 10.2 Å². The summed E-state index contributed by atoms with van der Waals surface area (Å²) < 4.78 is 11.8. The van der Waals surface area contributed by atoms with Gasteiger partial charge in [0.2, 0.25) is 10.9 Å². The van der Waals surface area contributed by atoms with Gasteiger partial charge in [-0.2, -0.15) is 0 Å². The van der Waals surface area contributed by atoms with Crippen LogP contribution in [0.3, 0.4) is 0 Å². The van der Waals surface area contributed by atoms with E-state index in [9.17, 15) is 9.59 Å². The number of amides is 1. The number of hydrogen-bond donors (Lipinski definition) is 0. The van der Waals surface area contributed by atoms with Gasteiger partial charge in [-0.3, -0.25) is 14.5 Å². The zero-order valence-electron chi connectivity index (χ0n) is 17.8. The minimum atomic E-state index is -0.681. The monoisotopic (exact) mass is 467 g/mol. The van der Waals surface area contributed by atoms with E-state index in [1.165, 1.54) is 16.2 Å². The lowest BCUT2D eigenvalue weighted by Gasteiger charge is -2.22. The first-order chi connectivity index (χ1) is 16.7. The first-order valence-electron chi connectivity index (χ1n) is 10.6. The summed E-state index contributed by atoms with van der Waals surface area (Å²) in [6.45, 7) is 0.442. The van der Waals surface area contributed by atoms with Crippen molar-refractivity contribution in [2.75, 3.05) is 4.90 Å². The summed E-state index contributed by atoms with van der Waals surface area (Å²) in [5.74, 6) is 0.308. The molecule has 0 saturated heterocycles. The zero-order valence-corrected chi connectivity index (χ0v) is 18.6. The number of carbonyl (C=O) groups is 1. The Bertz CT molecular complexity index is 1550. The van der Waals surface area contributed by atoms with E-state index in [4.69, 9.17) is 9.15 Å². The number of benzene rings is 3. The van der Waals surface area contributed by atoms with Crippen LogP contribution in [0.4, 0.5) is 5.13 Å². The average molecular weight is 468 g/mol. The van der Waals surface area contributed by atoms with E-state index in [2.05, 4.69) is 10.2 Å². The summed E-state index contributed by atoms with van der Waals surface area (Å²) in [6, 6.07) is 23.5. The Labute approximate surface area is 197 Å². The molecule has 0 radical (unpaired) electrons. The molecule has 5 aromatic rings. The normalized spacial score (nSPS) is 15.0. The molecule has 7 nitrogen and oxygen atoms in total. The van der Waals surface area contributed by atoms with Gasteiger partial charge < -0.3 is 9.15 Å². The van der Waals surface area contributed by atoms with Crippen LogP contribution in [-0.2, 0) is 6.61 Å². The predicted molar refractivity (Wildman–Crippen MR) is 128 cm³/mol. The van der Waals surface area contributed by atoms with Crippen molar-refractivity contribution in [3.8, 4) is 5.75 Å². The molecule has 3 heterocycles. The third-order valence-electron chi connectivity index (χ3n) is 5.78. The molecule has 1 atom stereocenters. The second kappa shape index (κ2) is 8.24. The number of fused-ring (bicyclic) bond motifs is 2. The van der Waals surface area contributed by atoms with Crippen LogP contribution in [-0.4, -0.2) is 16.1 Å². The summed E-state index contributed by atoms with van der Waals surface area (Å²) in [6.07, 6.45) is 0. The van der Waals surface area contributed by atoms with Crippen molar-refractivity contribution in [1.82, 2.24) is 10.2 Å². The third kappa shape index (κ3) is 3.36. The molecular formula is C26H17N3O4S. The molecular weight excluding hydrogens is 450 g/mol. The minimum absolute atomic E-state index is 0.0355. The number of hydrogen-bond acceptors (Lipinski definition) is 7. The Kier molecular flexibility index (Phi) is 4.92. The van der Waals surface area contributed by atoms with E-state index in [1.54, 1.807) is 29.8 Å². The first kappa shape index (κ1) is 20.3. The quantitative estimate of drug-likeness (QED) is 0.363. The molecule has 2 aromatic heterocycles. The van der Waals surface area contributed by atoms with Crippen LogP contribution in [0.5, 0.6) is 5.75 Å². The Morgan fingerprint density at radius 1 is 0.941 bits per heavy atom. The van der Waals surface area contributed by atoms with Crippen LogP contribution in [0, 0.1) is 0 Å². The van der Waals surface area contributed by atoms with Crippen molar-refractivity contribution >= 4 is 33.3 Å². The zero-order chi connectivity index (χ0) is 23.1. The van der Waals surface area contributed by atoms with Crippen molar-refractivity contribution in [3.05, 3.63) is 117 Å². The number of aromatic nitrogens is 2. The smallest absolute Gasteiger partial charge is 0.297 e. The molecule has 8 heteroatoms. The van der Waals surface area contributed by atoms with Crippen LogP contribution in [0.2, 0.25) is 0 Å². The lowest BCUT2D eigenvalue weighted by atomic mass is 9.98. The maximum absolute atomic E-state index is 13.5. The summed E-state index contributed by atoms with van der Waals surface area (Å²) in [7, 11) is 0. The fourth-order valence-electron chi connectivity index (χ4n) is 4.19. The number of anilines is 1. The van der Waals surface area contributed by atoms with Gasteiger partial charge in [0, 0.05) is 0 Å². The molecule has 6 rings (SSSR count). The summed E-state index contributed by atoms with van der Waals surface area (Å²) in [4.78, 5) is 28.4. The van der Waals surface area contributed by atoms with Gasteiger partial charge in [0.05, 0.1) is 17.0 Å². The predicted octanol–water partition coefficient (Wildman–Crippen LogP) is 4.97.